The molecule has 0 aliphatic carbocycles. The van der Waals surface area contributed by atoms with Gasteiger partial charge in [0.1, 0.15) is 17.0 Å². The number of esters is 1. The van der Waals surface area contributed by atoms with Gasteiger partial charge in [-0.25, -0.2) is 0 Å². The summed E-state index contributed by atoms with van der Waals surface area (Å²) >= 11 is 0. The van der Waals surface area contributed by atoms with Gasteiger partial charge in [0.15, 0.2) is 0 Å². The molecule has 3 heterocycles. The first-order valence-corrected chi connectivity index (χ1v) is 7.62. The van der Waals surface area contributed by atoms with Crippen LogP contribution in [0.25, 0.3) is 5.69 Å². The van der Waals surface area contributed by atoms with E-state index in [0.717, 1.165) is 0 Å². The number of carbonyl (C=O) groups is 1. The summed E-state index contributed by atoms with van der Waals surface area (Å²) in [5, 5.41) is 21.5. The van der Waals surface area contributed by atoms with Crippen LogP contribution in [0.5, 0.6) is 17.5 Å². The lowest BCUT2D eigenvalue weighted by Gasteiger charge is -2.21. The molecule has 2 bridgehead atoms. The van der Waals surface area contributed by atoms with Crippen molar-refractivity contribution >= 4 is 5.97 Å². The summed E-state index contributed by atoms with van der Waals surface area (Å²) in [6.45, 7) is 5.01. The van der Waals surface area contributed by atoms with Crippen LogP contribution in [0.15, 0.2) is 36.4 Å². The van der Waals surface area contributed by atoms with Crippen molar-refractivity contribution in [2.45, 2.75) is 32.0 Å². The topological polar surface area (TPSA) is 80.9 Å². The molecule has 6 heteroatoms. The number of carbonyl (C=O) groups excluding carboxylic acids is 1. The van der Waals surface area contributed by atoms with Crippen molar-refractivity contribution in [3.63, 3.8) is 0 Å². The smallest absolute Gasteiger partial charge is 0.308 e. The zero-order valence-corrected chi connectivity index (χ0v) is 13.5. The van der Waals surface area contributed by atoms with Crippen molar-refractivity contribution in [3.05, 3.63) is 47.5 Å². The van der Waals surface area contributed by atoms with Crippen LogP contribution in [0.1, 0.15) is 31.9 Å². The number of aromatic nitrogens is 1. The zero-order chi connectivity index (χ0) is 17.3. The Morgan fingerprint density at radius 2 is 1.71 bits per heavy atom. The molecule has 124 valence electrons. The van der Waals surface area contributed by atoms with Gasteiger partial charge in [-0.15, -0.1) is 0 Å². The maximum Gasteiger partial charge on any atom is 0.308 e. The first-order chi connectivity index (χ1) is 11.3. The molecule has 0 radical (unpaired) electrons. The Hall–Kier alpha value is -2.73. The van der Waals surface area contributed by atoms with E-state index < -0.39 is 17.2 Å². The minimum Gasteiger partial charge on any atom is -0.494 e. The van der Waals surface area contributed by atoms with Gasteiger partial charge in [0.05, 0.1) is 16.8 Å². The Morgan fingerprint density at radius 1 is 1.12 bits per heavy atom. The normalized spacial score (nSPS) is 26.6. The Bertz CT molecular complexity index is 871. The summed E-state index contributed by atoms with van der Waals surface area (Å²) in [7, 11) is 0. The summed E-state index contributed by atoms with van der Waals surface area (Å²) < 4.78 is 12.4. The van der Waals surface area contributed by atoms with E-state index in [1.54, 1.807) is 24.3 Å². The molecule has 0 amide bonds. The lowest BCUT2D eigenvalue weighted by atomic mass is 9.86. The quantitative estimate of drug-likeness (QED) is 0.504. The molecule has 0 spiro atoms. The number of hydrogen-bond acceptors (Lipinski definition) is 5. The minimum atomic E-state index is -0.773. The molecule has 2 atom stereocenters. The fourth-order valence-corrected chi connectivity index (χ4v) is 3.68. The molecule has 1 aromatic carbocycles. The monoisotopic (exact) mass is 327 g/mol. The maximum atomic E-state index is 11.1. The average molecular weight is 327 g/mol. The van der Waals surface area contributed by atoms with Gasteiger partial charge in [-0.05, 0) is 38.1 Å². The molecular weight excluding hydrogens is 310 g/mol. The predicted molar refractivity (Wildman–Crippen MR) is 85.3 cm³/mol. The van der Waals surface area contributed by atoms with Gasteiger partial charge in [-0.3, -0.25) is 9.36 Å². The number of hydrogen-bond donors (Lipinski definition) is 2. The van der Waals surface area contributed by atoms with Crippen LogP contribution in [0.3, 0.4) is 0 Å². The molecule has 2 N–H and O–H groups in total. The van der Waals surface area contributed by atoms with Crippen LogP contribution >= 0.6 is 0 Å². The molecule has 2 unspecified atom stereocenters. The lowest BCUT2D eigenvalue weighted by Crippen LogP contribution is -2.19. The van der Waals surface area contributed by atoms with E-state index in [1.165, 1.54) is 11.5 Å². The molecule has 2 aliphatic rings. The van der Waals surface area contributed by atoms with E-state index in [1.807, 2.05) is 26.0 Å². The van der Waals surface area contributed by atoms with Gasteiger partial charge in [0, 0.05) is 13.0 Å². The zero-order valence-electron chi connectivity index (χ0n) is 13.5. The third-order valence-electron chi connectivity index (χ3n) is 4.59. The molecule has 2 aromatic rings. The second-order valence-electron chi connectivity index (χ2n) is 6.47. The Kier molecular flexibility index (Phi) is 2.73. The third kappa shape index (κ3) is 1.77. The number of nitrogens with zero attached hydrogens (tertiary/aromatic N) is 1. The average Bonchev–Trinajstić information content (AvgIpc) is 3.03. The summed E-state index contributed by atoms with van der Waals surface area (Å²) in [5.41, 5.74) is 0.0601. The van der Waals surface area contributed by atoms with E-state index in [4.69, 9.17) is 9.47 Å². The number of rotatable bonds is 2. The number of aromatic hydroxyl groups is 2. The highest BCUT2D eigenvalue weighted by atomic mass is 16.5. The van der Waals surface area contributed by atoms with Crippen LogP contribution in [0.4, 0.5) is 0 Å². The SMILES string of the molecule is CC(=O)Oc1cccc(-n2c(O)c3c(c2O)C2(C)C=CC3(C)O2)c1. The highest BCUT2D eigenvalue weighted by Gasteiger charge is 2.56. The number of fused-ring (bicyclic) bond motifs is 5. The fourth-order valence-electron chi connectivity index (χ4n) is 3.68. The molecule has 0 fully saturated rings. The van der Waals surface area contributed by atoms with E-state index in [2.05, 4.69) is 0 Å². The van der Waals surface area contributed by atoms with Crippen molar-refractivity contribution in [3.8, 4) is 23.2 Å². The van der Waals surface area contributed by atoms with Crippen LogP contribution in [-0.4, -0.2) is 20.7 Å². The molecule has 0 saturated heterocycles. The molecule has 0 saturated carbocycles. The second kappa shape index (κ2) is 4.42. The molecule has 1 aromatic heterocycles. The van der Waals surface area contributed by atoms with Crippen molar-refractivity contribution in [1.82, 2.24) is 4.57 Å². The van der Waals surface area contributed by atoms with Crippen molar-refractivity contribution < 1.29 is 24.5 Å². The summed E-state index contributed by atoms with van der Waals surface area (Å²) in [5.74, 6) is -0.273. The van der Waals surface area contributed by atoms with Crippen LogP contribution in [-0.2, 0) is 20.7 Å². The largest absolute Gasteiger partial charge is 0.494 e. The minimum absolute atomic E-state index is 0.0851. The van der Waals surface area contributed by atoms with Crippen LogP contribution in [0, 0.1) is 0 Å². The third-order valence-corrected chi connectivity index (χ3v) is 4.59. The number of ether oxygens (including phenoxy) is 2. The van der Waals surface area contributed by atoms with Gasteiger partial charge in [-0.2, -0.15) is 0 Å². The van der Waals surface area contributed by atoms with E-state index in [-0.39, 0.29) is 11.8 Å². The Balaban J connectivity index is 1.90. The van der Waals surface area contributed by atoms with Gasteiger partial charge < -0.3 is 19.7 Å². The van der Waals surface area contributed by atoms with E-state index in [0.29, 0.717) is 22.6 Å². The van der Waals surface area contributed by atoms with Crippen LogP contribution in [0.2, 0.25) is 0 Å². The first-order valence-electron chi connectivity index (χ1n) is 7.62. The van der Waals surface area contributed by atoms with E-state index in [9.17, 15) is 15.0 Å². The fraction of sp³-hybridized carbons (Fsp3) is 0.278. The van der Waals surface area contributed by atoms with Crippen molar-refractivity contribution in [2.24, 2.45) is 0 Å². The summed E-state index contributed by atoms with van der Waals surface area (Å²) in [6.07, 6.45) is 3.77. The molecule has 24 heavy (non-hydrogen) atoms. The van der Waals surface area contributed by atoms with Crippen LogP contribution < -0.4 is 4.74 Å². The Labute approximate surface area is 138 Å². The standard InChI is InChI=1S/C18H17NO5/c1-10(20)23-12-6-4-5-11(9-12)19-15(21)13-14(16(19)22)18(3)8-7-17(13,2)24-18/h4-9,21-22H,1-3H3. The molecule has 6 nitrogen and oxygen atoms in total. The molecular formula is C18H17NO5. The van der Waals surface area contributed by atoms with E-state index >= 15 is 0 Å². The number of benzene rings is 1. The summed E-state index contributed by atoms with van der Waals surface area (Å²) in [4.78, 5) is 11.1. The first kappa shape index (κ1) is 14.8. The lowest BCUT2D eigenvalue weighted by molar-refractivity contribution is -0.131. The maximum absolute atomic E-state index is 11.1. The molecule has 2 aliphatic heterocycles. The van der Waals surface area contributed by atoms with Gasteiger partial charge in [-0.1, -0.05) is 6.07 Å². The second-order valence-corrected chi connectivity index (χ2v) is 6.47. The van der Waals surface area contributed by atoms with Gasteiger partial charge >= 0.3 is 5.97 Å². The van der Waals surface area contributed by atoms with Crippen molar-refractivity contribution in [2.75, 3.05) is 0 Å². The predicted octanol–water partition coefficient (Wildman–Crippen LogP) is 2.84. The highest BCUT2D eigenvalue weighted by Crippen LogP contribution is 2.60. The Morgan fingerprint density at radius 3 is 2.25 bits per heavy atom. The van der Waals surface area contributed by atoms with Gasteiger partial charge in [0.2, 0.25) is 11.8 Å². The molecule has 4 rings (SSSR count). The summed E-state index contributed by atoms with van der Waals surface area (Å²) in [6, 6.07) is 6.61. The highest BCUT2D eigenvalue weighted by molar-refractivity contribution is 5.70. The van der Waals surface area contributed by atoms with Gasteiger partial charge in [0.25, 0.3) is 0 Å². The van der Waals surface area contributed by atoms with Crippen molar-refractivity contribution in [1.29, 1.82) is 0 Å².